The molecule has 17 heavy (non-hydrogen) atoms. The second-order valence-electron chi connectivity index (χ2n) is 4.22. The summed E-state index contributed by atoms with van der Waals surface area (Å²) < 4.78 is 5.08. The molecule has 2 nitrogen and oxygen atoms in total. The van der Waals surface area contributed by atoms with E-state index < -0.39 is 0 Å². The first-order chi connectivity index (χ1) is 8.27. The number of aliphatic hydroxyl groups is 1. The monoisotopic (exact) mass is 234 g/mol. The summed E-state index contributed by atoms with van der Waals surface area (Å²) in [6.07, 6.45) is 6.85. The van der Waals surface area contributed by atoms with Gasteiger partial charge in [-0.3, -0.25) is 0 Å². The van der Waals surface area contributed by atoms with Crippen molar-refractivity contribution in [2.45, 2.75) is 38.2 Å². The van der Waals surface area contributed by atoms with Crippen LogP contribution in [0.4, 0.5) is 0 Å². The van der Waals surface area contributed by atoms with Crippen LogP contribution < -0.4 is 4.74 Å². The van der Waals surface area contributed by atoms with Gasteiger partial charge in [-0.25, -0.2) is 0 Å². The van der Waals surface area contributed by atoms with E-state index in [0.29, 0.717) is 0 Å². The number of hydrogen-bond acceptors (Lipinski definition) is 2. The number of benzene rings is 1. The number of allylic oxidation sites excluding steroid dienone is 1. The number of methoxy groups -OCH3 is 1. The highest BCUT2D eigenvalue weighted by molar-refractivity contribution is 5.28. The third-order valence-corrected chi connectivity index (χ3v) is 2.89. The SMILES string of the molecule is C=CCCCCCC(O)c1ccc(OC)cc1. The van der Waals surface area contributed by atoms with Gasteiger partial charge in [-0.05, 0) is 37.0 Å². The summed E-state index contributed by atoms with van der Waals surface area (Å²) in [6.45, 7) is 3.70. The van der Waals surface area contributed by atoms with Crippen LogP contribution in [0.1, 0.15) is 43.8 Å². The smallest absolute Gasteiger partial charge is 0.118 e. The van der Waals surface area contributed by atoms with Crippen LogP contribution in [0.5, 0.6) is 5.75 Å². The van der Waals surface area contributed by atoms with Crippen molar-refractivity contribution >= 4 is 0 Å². The van der Waals surface area contributed by atoms with Gasteiger partial charge in [-0.2, -0.15) is 0 Å². The number of hydrogen-bond donors (Lipinski definition) is 1. The summed E-state index contributed by atoms with van der Waals surface area (Å²) in [5, 5.41) is 9.98. The van der Waals surface area contributed by atoms with Gasteiger partial charge in [0, 0.05) is 0 Å². The van der Waals surface area contributed by atoms with Gasteiger partial charge in [0.1, 0.15) is 5.75 Å². The predicted molar refractivity (Wildman–Crippen MR) is 71.2 cm³/mol. The van der Waals surface area contributed by atoms with Gasteiger partial charge in [0.15, 0.2) is 0 Å². The van der Waals surface area contributed by atoms with Crippen molar-refractivity contribution in [3.63, 3.8) is 0 Å². The molecule has 1 atom stereocenters. The molecule has 94 valence electrons. The highest BCUT2D eigenvalue weighted by Gasteiger charge is 2.06. The van der Waals surface area contributed by atoms with E-state index in [1.54, 1.807) is 7.11 Å². The second-order valence-corrected chi connectivity index (χ2v) is 4.22. The average Bonchev–Trinajstić information content (AvgIpc) is 2.38. The number of unbranched alkanes of at least 4 members (excludes halogenated alkanes) is 3. The van der Waals surface area contributed by atoms with Crippen LogP contribution in [0.25, 0.3) is 0 Å². The Bertz CT molecular complexity index is 316. The highest BCUT2D eigenvalue weighted by Crippen LogP contribution is 2.22. The molecule has 1 N–H and O–H groups in total. The molecule has 0 aliphatic carbocycles. The Balaban J connectivity index is 2.30. The number of aliphatic hydroxyl groups excluding tert-OH is 1. The molecule has 1 aromatic rings. The molecule has 0 heterocycles. The Kier molecular flexibility index (Phi) is 6.41. The van der Waals surface area contributed by atoms with E-state index >= 15 is 0 Å². The van der Waals surface area contributed by atoms with Crippen molar-refractivity contribution in [1.29, 1.82) is 0 Å². The predicted octanol–water partition coefficient (Wildman–Crippen LogP) is 3.87. The van der Waals surface area contributed by atoms with Crippen LogP contribution >= 0.6 is 0 Å². The summed E-state index contributed by atoms with van der Waals surface area (Å²) in [7, 11) is 1.64. The first-order valence-corrected chi connectivity index (χ1v) is 6.21. The van der Waals surface area contributed by atoms with E-state index in [0.717, 1.165) is 37.0 Å². The summed E-state index contributed by atoms with van der Waals surface area (Å²) in [5.41, 5.74) is 0.967. The lowest BCUT2D eigenvalue weighted by atomic mass is 10.0. The van der Waals surface area contributed by atoms with Crippen LogP contribution in [0, 0.1) is 0 Å². The van der Waals surface area contributed by atoms with Crippen molar-refractivity contribution < 1.29 is 9.84 Å². The van der Waals surface area contributed by atoms with Gasteiger partial charge in [0.25, 0.3) is 0 Å². The Morgan fingerprint density at radius 2 is 1.94 bits per heavy atom. The average molecular weight is 234 g/mol. The summed E-state index contributed by atoms with van der Waals surface area (Å²) >= 11 is 0. The zero-order chi connectivity index (χ0) is 12.5. The molecule has 2 heteroatoms. The van der Waals surface area contributed by atoms with Gasteiger partial charge in [0.2, 0.25) is 0 Å². The maximum atomic E-state index is 9.98. The van der Waals surface area contributed by atoms with E-state index in [1.165, 1.54) is 6.42 Å². The third kappa shape index (κ3) is 5.05. The molecule has 0 saturated heterocycles. The molecule has 0 radical (unpaired) electrons. The molecular formula is C15H22O2. The molecule has 0 aromatic heterocycles. The van der Waals surface area contributed by atoms with Crippen LogP contribution in [0.3, 0.4) is 0 Å². The van der Waals surface area contributed by atoms with Crippen molar-refractivity contribution in [2.24, 2.45) is 0 Å². The molecule has 1 rings (SSSR count). The van der Waals surface area contributed by atoms with Crippen LogP contribution in [0.2, 0.25) is 0 Å². The van der Waals surface area contributed by atoms with E-state index in [4.69, 9.17) is 4.74 Å². The second kappa shape index (κ2) is 7.91. The molecule has 0 spiro atoms. The van der Waals surface area contributed by atoms with Gasteiger partial charge >= 0.3 is 0 Å². The number of rotatable bonds is 8. The van der Waals surface area contributed by atoms with Crippen LogP contribution in [-0.2, 0) is 0 Å². The normalized spacial score (nSPS) is 12.1. The van der Waals surface area contributed by atoms with Gasteiger partial charge in [-0.15, -0.1) is 6.58 Å². The zero-order valence-corrected chi connectivity index (χ0v) is 10.6. The fraction of sp³-hybridized carbons (Fsp3) is 0.467. The van der Waals surface area contributed by atoms with Crippen molar-refractivity contribution in [3.8, 4) is 5.75 Å². The first kappa shape index (κ1) is 13.8. The van der Waals surface area contributed by atoms with Gasteiger partial charge in [0.05, 0.1) is 13.2 Å². The molecule has 0 saturated carbocycles. The first-order valence-electron chi connectivity index (χ1n) is 6.21. The van der Waals surface area contributed by atoms with Crippen LogP contribution in [-0.4, -0.2) is 12.2 Å². The Labute approximate surface area is 104 Å². The fourth-order valence-electron chi connectivity index (χ4n) is 1.80. The van der Waals surface area contributed by atoms with Crippen molar-refractivity contribution in [1.82, 2.24) is 0 Å². The molecule has 0 aliphatic heterocycles. The summed E-state index contributed by atoms with van der Waals surface area (Å²) in [4.78, 5) is 0. The molecule has 1 unspecified atom stereocenters. The van der Waals surface area contributed by atoms with Gasteiger partial charge < -0.3 is 9.84 Å². The topological polar surface area (TPSA) is 29.5 Å². The highest BCUT2D eigenvalue weighted by atomic mass is 16.5. The molecule has 0 aliphatic rings. The van der Waals surface area contributed by atoms with E-state index in [1.807, 2.05) is 30.3 Å². The lowest BCUT2D eigenvalue weighted by Crippen LogP contribution is -1.97. The molecule has 0 bridgehead atoms. The fourth-order valence-corrected chi connectivity index (χ4v) is 1.80. The van der Waals surface area contributed by atoms with Crippen molar-refractivity contribution in [2.75, 3.05) is 7.11 Å². The molecule has 0 fully saturated rings. The lowest BCUT2D eigenvalue weighted by Gasteiger charge is -2.11. The Morgan fingerprint density at radius 1 is 1.24 bits per heavy atom. The van der Waals surface area contributed by atoms with Crippen molar-refractivity contribution in [3.05, 3.63) is 42.5 Å². The van der Waals surface area contributed by atoms with E-state index in [2.05, 4.69) is 6.58 Å². The molecule has 1 aromatic carbocycles. The quantitative estimate of drug-likeness (QED) is 0.546. The maximum absolute atomic E-state index is 9.98. The zero-order valence-electron chi connectivity index (χ0n) is 10.6. The molecule has 0 amide bonds. The molecular weight excluding hydrogens is 212 g/mol. The summed E-state index contributed by atoms with van der Waals surface area (Å²) in [5.74, 6) is 0.826. The van der Waals surface area contributed by atoms with E-state index in [-0.39, 0.29) is 6.10 Å². The Morgan fingerprint density at radius 3 is 2.53 bits per heavy atom. The number of ether oxygens (including phenoxy) is 1. The minimum absolute atomic E-state index is 0.357. The third-order valence-electron chi connectivity index (χ3n) is 2.89. The van der Waals surface area contributed by atoms with E-state index in [9.17, 15) is 5.11 Å². The maximum Gasteiger partial charge on any atom is 0.118 e. The minimum atomic E-state index is -0.357. The van der Waals surface area contributed by atoms with Crippen LogP contribution in [0.15, 0.2) is 36.9 Å². The minimum Gasteiger partial charge on any atom is -0.497 e. The van der Waals surface area contributed by atoms with Gasteiger partial charge in [-0.1, -0.05) is 31.1 Å². The summed E-state index contributed by atoms with van der Waals surface area (Å²) in [6, 6.07) is 7.62. The Hall–Kier alpha value is -1.28. The standard InChI is InChI=1S/C15H22O2/c1-3-4-5-6-7-8-15(16)13-9-11-14(17-2)12-10-13/h3,9-12,15-16H,1,4-8H2,2H3. The largest absolute Gasteiger partial charge is 0.497 e. The lowest BCUT2D eigenvalue weighted by molar-refractivity contribution is 0.163.